The molecule has 1 aromatic rings. The minimum absolute atomic E-state index is 0.0388. The van der Waals surface area contributed by atoms with Crippen molar-refractivity contribution in [1.82, 2.24) is 14.7 Å². The van der Waals surface area contributed by atoms with E-state index in [1.807, 2.05) is 6.92 Å². The van der Waals surface area contributed by atoms with Gasteiger partial charge in [0.1, 0.15) is 6.26 Å². The summed E-state index contributed by atoms with van der Waals surface area (Å²) in [7, 11) is 0. The average molecular weight is 333 g/mol. The van der Waals surface area contributed by atoms with Crippen LogP contribution in [-0.2, 0) is 9.59 Å². The molecule has 0 aromatic carbocycles. The van der Waals surface area contributed by atoms with E-state index in [0.717, 1.165) is 6.42 Å². The van der Waals surface area contributed by atoms with E-state index in [1.165, 1.54) is 12.5 Å². The van der Waals surface area contributed by atoms with E-state index in [2.05, 4.69) is 0 Å². The lowest BCUT2D eigenvalue weighted by Crippen LogP contribution is -2.40. The fraction of sp³-hybridized carbons (Fsp3) is 0.588. The molecule has 130 valence electrons. The lowest BCUT2D eigenvalue weighted by molar-refractivity contribution is -0.135. The highest BCUT2D eigenvalue weighted by atomic mass is 16.3. The van der Waals surface area contributed by atoms with E-state index < -0.39 is 0 Å². The van der Waals surface area contributed by atoms with Gasteiger partial charge < -0.3 is 19.1 Å². The van der Waals surface area contributed by atoms with E-state index in [-0.39, 0.29) is 23.6 Å². The number of carbonyl (C=O) groups excluding carboxylic acids is 3. The van der Waals surface area contributed by atoms with Crippen molar-refractivity contribution < 1.29 is 18.8 Å². The number of rotatable bonds is 3. The highest BCUT2D eigenvalue weighted by Gasteiger charge is 2.36. The first-order valence-corrected chi connectivity index (χ1v) is 8.48. The minimum Gasteiger partial charge on any atom is -0.472 e. The van der Waals surface area contributed by atoms with Crippen molar-refractivity contribution in [3.05, 3.63) is 24.2 Å². The summed E-state index contributed by atoms with van der Waals surface area (Å²) < 4.78 is 4.97. The Morgan fingerprint density at radius 1 is 1.21 bits per heavy atom. The van der Waals surface area contributed by atoms with Gasteiger partial charge >= 0.3 is 0 Å². The molecule has 24 heavy (non-hydrogen) atoms. The van der Waals surface area contributed by atoms with Crippen molar-refractivity contribution in [3.63, 3.8) is 0 Å². The summed E-state index contributed by atoms with van der Waals surface area (Å²) >= 11 is 0. The third-order valence-electron chi connectivity index (χ3n) is 4.81. The molecule has 1 aromatic heterocycles. The van der Waals surface area contributed by atoms with Crippen molar-refractivity contribution in [1.29, 1.82) is 0 Å². The first-order chi connectivity index (χ1) is 11.6. The molecule has 2 saturated heterocycles. The van der Waals surface area contributed by atoms with Gasteiger partial charge in [0.2, 0.25) is 11.8 Å². The topological polar surface area (TPSA) is 74.1 Å². The number of hydrogen-bond donors (Lipinski definition) is 0. The Kier molecular flexibility index (Phi) is 4.87. The molecular weight excluding hydrogens is 310 g/mol. The van der Waals surface area contributed by atoms with Crippen molar-refractivity contribution >= 4 is 17.7 Å². The fourth-order valence-electron chi connectivity index (χ4n) is 3.41. The molecule has 3 heterocycles. The minimum atomic E-state index is -0.242. The molecule has 0 saturated carbocycles. The molecule has 2 aliphatic heterocycles. The Morgan fingerprint density at radius 3 is 2.62 bits per heavy atom. The van der Waals surface area contributed by atoms with Crippen molar-refractivity contribution in [2.24, 2.45) is 5.92 Å². The van der Waals surface area contributed by atoms with Gasteiger partial charge in [-0.1, -0.05) is 0 Å². The number of likely N-dealkylation sites (tertiary alicyclic amines) is 1. The lowest BCUT2D eigenvalue weighted by atomic mass is 10.1. The van der Waals surface area contributed by atoms with Crippen molar-refractivity contribution in [2.45, 2.75) is 19.8 Å². The van der Waals surface area contributed by atoms with Gasteiger partial charge in [-0.25, -0.2) is 0 Å². The van der Waals surface area contributed by atoms with Crippen LogP contribution in [0.25, 0.3) is 0 Å². The van der Waals surface area contributed by atoms with Gasteiger partial charge in [0.05, 0.1) is 17.7 Å². The number of nitrogens with zero attached hydrogens (tertiary/aromatic N) is 3. The highest BCUT2D eigenvalue weighted by Crippen LogP contribution is 2.21. The van der Waals surface area contributed by atoms with Gasteiger partial charge in [-0.2, -0.15) is 0 Å². The molecular formula is C17H23N3O4. The number of furan rings is 1. The van der Waals surface area contributed by atoms with E-state index in [1.54, 1.807) is 20.8 Å². The fourth-order valence-corrected chi connectivity index (χ4v) is 3.41. The third kappa shape index (κ3) is 3.29. The zero-order chi connectivity index (χ0) is 17.1. The Balaban J connectivity index is 1.58. The van der Waals surface area contributed by atoms with Crippen LogP contribution in [0.4, 0.5) is 0 Å². The molecule has 7 heteroatoms. The van der Waals surface area contributed by atoms with E-state index in [9.17, 15) is 14.4 Å². The van der Waals surface area contributed by atoms with Crippen LogP contribution in [0, 0.1) is 5.92 Å². The molecule has 3 rings (SSSR count). The Labute approximate surface area is 141 Å². The third-order valence-corrected chi connectivity index (χ3v) is 4.81. The molecule has 2 aliphatic rings. The second-order valence-electron chi connectivity index (χ2n) is 6.32. The van der Waals surface area contributed by atoms with Crippen LogP contribution < -0.4 is 0 Å². The van der Waals surface area contributed by atoms with Crippen molar-refractivity contribution in [2.75, 3.05) is 39.3 Å². The molecule has 7 nitrogen and oxygen atoms in total. The largest absolute Gasteiger partial charge is 0.472 e. The Bertz CT molecular complexity index is 613. The molecule has 0 bridgehead atoms. The van der Waals surface area contributed by atoms with E-state index >= 15 is 0 Å². The van der Waals surface area contributed by atoms with Crippen LogP contribution >= 0.6 is 0 Å². The number of amides is 3. The monoisotopic (exact) mass is 333 g/mol. The molecule has 2 fully saturated rings. The highest BCUT2D eigenvalue weighted by molar-refractivity contribution is 5.94. The van der Waals surface area contributed by atoms with Gasteiger partial charge in [-0.05, 0) is 19.4 Å². The summed E-state index contributed by atoms with van der Waals surface area (Å²) in [4.78, 5) is 42.2. The molecule has 0 aliphatic carbocycles. The molecule has 0 spiro atoms. The van der Waals surface area contributed by atoms with Crippen LogP contribution in [0.5, 0.6) is 0 Å². The van der Waals surface area contributed by atoms with Crippen LogP contribution in [0.2, 0.25) is 0 Å². The smallest absolute Gasteiger partial charge is 0.257 e. The Morgan fingerprint density at radius 2 is 1.96 bits per heavy atom. The van der Waals surface area contributed by atoms with Gasteiger partial charge in [-0.15, -0.1) is 0 Å². The quantitative estimate of drug-likeness (QED) is 0.821. The average Bonchev–Trinajstić information content (AvgIpc) is 3.17. The molecule has 0 radical (unpaired) electrons. The zero-order valence-corrected chi connectivity index (χ0v) is 13.9. The van der Waals surface area contributed by atoms with Crippen LogP contribution in [0.1, 0.15) is 30.1 Å². The summed E-state index contributed by atoms with van der Waals surface area (Å²) in [5.41, 5.74) is 0.537. The molecule has 0 N–H and O–H groups in total. The maximum absolute atomic E-state index is 12.7. The predicted octanol–water partition coefficient (Wildman–Crippen LogP) is 0.823. The number of carbonyl (C=O) groups is 3. The number of hydrogen-bond acceptors (Lipinski definition) is 4. The second-order valence-corrected chi connectivity index (χ2v) is 6.32. The zero-order valence-electron chi connectivity index (χ0n) is 13.9. The Hall–Kier alpha value is -2.31. The second kappa shape index (κ2) is 7.07. The van der Waals surface area contributed by atoms with Crippen LogP contribution in [0.3, 0.4) is 0 Å². The van der Waals surface area contributed by atoms with Crippen molar-refractivity contribution in [3.8, 4) is 0 Å². The molecule has 1 atom stereocenters. The van der Waals surface area contributed by atoms with Gasteiger partial charge in [-0.3, -0.25) is 14.4 Å². The van der Waals surface area contributed by atoms with Gasteiger partial charge in [0, 0.05) is 45.7 Å². The lowest BCUT2D eigenvalue weighted by Gasteiger charge is -2.24. The first kappa shape index (κ1) is 16.5. The normalized spacial score (nSPS) is 22.0. The first-order valence-electron chi connectivity index (χ1n) is 8.48. The summed E-state index contributed by atoms with van der Waals surface area (Å²) in [5.74, 6) is -0.209. The van der Waals surface area contributed by atoms with Crippen LogP contribution in [0.15, 0.2) is 23.0 Å². The van der Waals surface area contributed by atoms with Crippen LogP contribution in [-0.4, -0.2) is 71.7 Å². The summed E-state index contributed by atoms with van der Waals surface area (Å²) in [6.45, 7) is 5.37. The summed E-state index contributed by atoms with van der Waals surface area (Å²) in [5, 5.41) is 0. The van der Waals surface area contributed by atoms with Gasteiger partial charge in [0.25, 0.3) is 5.91 Å². The maximum Gasteiger partial charge on any atom is 0.257 e. The SMILES string of the molecule is CCN1C[C@@H](C(=O)N2CCCN(C(=O)c3ccoc3)CC2)CC1=O. The van der Waals surface area contributed by atoms with E-state index in [4.69, 9.17) is 4.42 Å². The standard InChI is InChI=1S/C17H23N3O4/c1-2-18-11-14(10-15(18)21)17(23)20-6-3-5-19(7-8-20)16(22)13-4-9-24-12-13/h4,9,12,14H,2-3,5-8,10-11H2,1H3/t14-/m0/s1. The molecule has 3 amide bonds. The summed E-state index contributed by atoms with van der Waals surface area (Å²) in [6.07, 6.45) is 3.98. The predicted molar refractivity (Wildman–Crippen MR) is 86.2 cm³/mol. The van der Waals surface area contributed by atoms with Gasteiger partial charge in [0.15, 0.2) is 0 Å². The van der Waals surface area contributed by atoms with E-state index in [0.29, 0.717) is 51.3 Å². The molecule has 0 unspecified atom stereocenters. The maximum atomic E-state index is 12.7. The summed E-state index contributed by atoms with van der Waals surface area (Å²) in [6, 6.07) is 1.65.